The fraction of sp³-hybridized carbons (Fsp3) is 0.278. The second-order valence-electron chi connectivity index (χ2n) is 5.39. The Morgan fingerprint density at radius 1 is 1.10 bits per heavy atom. The van der Waals surface area contributed by atoms with Crippen molar-refractivity contribution in [2.24, 2.45) is 0 Å². The van der Waals surface area contributed by atoms with Crippen molar-refractivity contribution in [1.29, 1.82) is 0 Å². The minimum Gasteiger partial charge on any atom is -0.399 e. The maximum atomic E-state index is 11.9. The molecule has 0 bridgehead atoms. The molecule has 0 spiro atoms. The van der Waals surface area contributed by atoms with E-state index in [0.717, 1.165) is 23.2 Å². The van der Waals surface area contributed by atoms with Crippen molar-refractivity contribution >= 4 is 11.6 Å². The highest BCUT2D eigenvalue weighted by molar-refractivity contribution is 5.76. The van der Waals surface area contributed by atoms with Crippen LogP contribution in [-0.2, 0) is 17.8 Å². The molecule has 0 aliphatic heterocycles. The molecule has 0 aromatic heterocycles. The fourth-order valence-corrected chi connectivity index (χ4v) is 2.19. The molecule has 0 aliphatic rings. The minimum absolute atomic E-state index is 0.0670. The highest BCUT2D eigenvalue weighted by Gasteiger charge is 2.05. The Kier molecular flexibility index (Phi) is 4.99. The summed E-state index contributed by atoms with van der Waals surface area (Å²) in [6, 6.07) is 14.1. The SMILES string of the molecule is Cc1ccc(CCC(=O)NCc2cccc(N)c2C)cc1. The molecule has 21 heavy (non-hydrogen) atoms. The molecule has 2 rings (SSSR count). The van der Waals surface area contributed by atoms with Gasteiger partial charge in [-0.05, 0) is 43.0 Å². The summed E-state index contributed by atoms with van der Waals surface area (Å²) in [5.41, 5.74) is 11.2. The molecule has 0 aliphatic carbocycles. The van der Waals surface area contributed by atoms with Crippen LogP contribution in [0.5, 0.6) is 0 Å². The monoisotopic (exact) mass is 282 g/mol. The van der Waals surface area contributed by atoms with Gasteiger partial charge in [0.2, 0.25) is 5.91 Å². The first-order valence-electron chi connectivity index (χ1n) is 7.22. The Morgan fingerprint density at radius 2 is 1.81 bits per heavy atom. The van der Waals surface area contributed by atoms with Gasteiger partial charge in [0.05, 0.1) is 0 Å². The van der Waals surface area contributed by atoms with Crippen LogP contribution >= 0.6 is 0 Å². The van der Waals surface area contributed by atoms with Gasteiger partial charge in [0.25, 0.3) is 0 Å². The molecule has 3 heteroatoms. The van der Waals surface area contributed by atoms with Gasteiger partial charge >= 0.3 is 0 Å². The largest absolute Gasteiger partial charge is 0.399 e. The summed E-state index contributed by atoms with van der Waals surface area (Å²) in [6.07, 6.45) is 1.27. The third kappa shape index (κ3) is 4.35. The van der Waals surface area contributed by atoms with Crippen molar-refractivity contribution in [2.75, 3.05) is 5.73 Å². The van der Waals surface area contributed by atoms with Crippen LogP contribution in [0.2, 0.25) is 0 Å². The third-order valence-electron chi connectivity index (χ3n) is 3.73. The van der Waals surface area contributed by atoms with Crippen molar-refractivity contribution in [1.82, 2.24) is 5.32 Å². The summed E-state index contributed by atoms with van der Waals surface area (Å²) in [4.78, 5) is 11.9. The molecular weight excluding hydrogens is 260 g/mol. The molecule has 2 aromatic carbocycles. The van der Waals surface area contributed by atoms with Crippen LogP contribution in [0.15, 0.2) is 42.5 Å². The van der Waals surface area contributed by atoms with Crippen LogP contribution in [0.1, 0.15) is 28.7 Å². The number of rotatable bonds is 5. The smallest absolute Gasteiger partial charge is 0.220 e. The molecule has 3 N–H and O–H groups in total. The number of carbonyl (C=O) groups excluding carboxylic acids is 1. The van der Waals surface area contributed by atoms with Crippen LogP contribution in [0.4, 0.5) is 5.69 Å². The zero-order chi connectivity index (χ0) is 15.2. The van der Waals surface area contributed by atoms with Crippen molar-refractivity contribution < 1.29 is 4.79 Å². The van der Waals surface area contributed by atoms with Gasteiger partial charge < -0.3 is 11.1 Å². The van der Waals surface area contributed by atoms with Crippen molar-refractivity contribution in [3.05, 3.63) is 64.7 Å². The minimum atomic E-state index is 0.0670. The number of benzene rings is 2. The highest BCUT2D eigenvalue weighted by Crippen LogP contribution is 2.15. The molecule has 2 aromatic rings. The van der Waals surface area contributed by atoms with E-state index in [1.54, 1.807) is 0 Å². The Hall–Kier alpha value is -2.29. The second-order valence-corrected chi connectivity index (χ2v) is 5.39. The molecule has 3 nitrogen and oxygen atoms in total. The van der Waals surface area contributed by atoms with Gasteiger partial charge in [0.1, 0.15) is 0 Å². The van der Waals surface area contributed by atoms with E-state index in [2.05, 4.69) is 36.5 Å². The lowest BCUT2D eigenvalue weighted by Crippen LogP contribution is -2.23. The van der Waals surface area contributed by atoms with E-state index in [4.69, 9.17) is 5.73 Å². The Morgan fingerprint density at radius 3 is 2.52 bits per heavy atom. The predicted molar refractivity (Wildman–Crippen MR) is 86.9 cm³/mol. The summed E-state index contributed by atoms with van der Waals surface area (Å²) in [5.74, 6) is 0.0670. The van der Waals surface area contributed by atoms with E-state index >= 15 is 0 Å². The first kappa shape index (κ1) is 15.1. The molecule has 110 valence electrons. The molecule has 0 fully saturated rings. The Labute approximate surface area is 126 Å². The van der Waals surface area contributed by atoms with Gasteiger partial charge in [-0.25, -0.2) is 0 Å². The zero-order valence-corrected chi connectivity index (χ0v) is 12.6. The number of amides is 1. The van der Waals surface area contributed by atoms with E-state index in [0.29, 0.717) is 13.0 Å². The summed E-state index contributed by atoms with van der Waals surface area (Å²) in [5, 5.41) is 2.95. The zero-order valence-electron chi connectivity index (χ0n) is 12.6. The molecule has 0 unspecified atom stereocenters. The fourth-order valence-electron chi connectivity index (χ4n) is 2.19. The van der Waals surface area contributed by atoms with Crippen molar-refractivity contribution in [3.63, 3.8) is 0 Å². The molecular formula is C18H22N2O. The van der Waals surface area contributed by atoms with Crippen LogP contribution in [-0.4, -0.2) is 5.91 Å². The molecule has 0 saturated heterocycles. The maximum absolute atomic E-state index is 11.9. The number of nitrogens with one attached hydrogen (secondary N) is 1. The summed E-state index contributed by atoms with van der Waals surface area (Å²) in [6.45, 7) is 4.57. The number of hydrogen-bond acceptors (Lipinski definition) is 2. The van der Waals surface area contributed by atoms with Crippen LogP contribution in [0.3, 0.4) is 0 Å². The summed E-state index contributed by atoms with van der Waals surface area (Å²) < 4.78 is 0. The molecule has 0 radical (unpaired) electrons. The number of aryl methyl sites for hydroxylation is 2. The first-order valence-corrected chi connectivity index (χ1v) is 7.22. The van der Waals surface area contributed by atoms with E-state index in [1.807, 2.05) is 25.1 Å². The lowest BCUT2D eigenvalue weighted by atomic mass is 10.1. The van der Waals surface area contributed by atoms with E-state index in [-0.39, 0.29) is 5.91 Å². The summed E-state index contributed by atoms with van der Waals surface area (Å²) in [7, 11) is 0. The standard InChI is InChI=1S/C18H22N2O/c1-13-6-8-15(9-7-13)10-11-18(21)20-12-16-4-3-5-17(19)14(16)2/h3-9H,10-12,19H2,1-2H3,(H,20,21). The summed E-state index contributed by atoms with van der Waals surface area (Å²) >= 11 is 0. The van der Waals surface area contributed by atoms with Gasteiger partial charge in [-0.3, -0.25) is 4.79 Å². The van der Waals surface area contributed by atoms with E-state index < -0.39 is 0 Å². The van der Waals surface area contributed by atoms with E-state index in [9.17, 15) is 4.79 Å². The lowest BCUT2D eigenvalue weighted by Gasteiger charge is -2.10. The molecule has 0 saturated carbocycles. The van der Waals surface area contributed by atoms with Gasteiger partial charge in [-0.1, -0.05) is 42.0 Å². The first-order chi connectivity index (χ1) is 10.1. The number of carbonyl (C=O) groups is 1. The van der Waals surface area contributed by atoms with Gasteiger partial charge in [-0.2, -0.15) is 0 Å². The molecule has 0 atom stereocenters. The average molecular weight is 282 g/mol. The maximum Gasteiger partial charge on any atom is 0.220 e. The van der Waals surface area contributed by atoms with Gasteiger partial charge in [-0.15, -0.1) is 0 Å². The third-order valence-corrected chi connectivity index (χ3v) is 3.73. The lowest BCUT2D eigenvalue weighted by molar-refractivity contribution is -0.121. The predicted octanol–water partition coefficient (Wildman–Crippen LogP) is 3.13. The second kappa shape index (κ2) is 6.93. The number of hydrogen-bond donors (Lipinski definition) is 2. The highest BCUT2D eigenvalue weighted by atomic mass is 16.1. The quantitative estimate of drug-likeness (QED) is 0.828. The number of nitrogens with two attached hydrogens (primary N) is 1. The Balaban J connectivity index is 1.82. The molecule has 1 amide bonds. The van der Waals surface area contributed by atoms with E-state index in [1.165, 1.54) is 11.1 Å². The average Bonchev–Trinajstić information content (AvgIpc) is 2.48. The van der Waals surface area contributed by atoms with Crippen LogP contribution in [0.25, 0.3) is 0 Å². The number of anilines is 1. The van der Waals surface area contributed by atoms with Crippen molar-refractivity contribution in [3.8, 4) is 0 Å². The van der Waals surface area contributed by atoms with Crippen LogP contribution in [0, 0.1) is 13.8 Å². The number of nitrogen functional groups attached to an aromatic ring is 1. The topological polar surface area (TPSA) is 55.1 Å². The van der Waals surface area contributed by atoms with Gasteiger partial charge in [0.15, 0.2) is 0 Å². The molecule has 0 heterocycles. The Bertz CT molecular complexity index is 618. The van der Waals surface area contributed by atoms with Crippen LogP contribution < -0.4 is 11.1 Å². The van der Waals surface area contributed by atoms with Crippen molar-refractivity contribution in [2.45, 2.75) is 33.2 Å². The normalized spacial score (nSPS) is 10.4. The van der Waals surface area contributed by atoms with Gasteiger partial charge in [0, 0.05) is 18.7 Å².